The molecule has 156 valence electrons. The van der Waals surface area contributed by atoms with E-state index in [1.807, 2.05) is 0 Å². The number of carbonyl (C=O) groups excluding carboxylic acids is 1. The topological polar surface area (TPSA) is 64.1 Å². The number of halogens is 4. The first kappa shape index (κ1) is 21.2. The average molecular weight is 419 g/mol. The van der Waals surface area contributed by atoms with Crippen molar-refractivity contribution in [2.24, 2.45) is 0 Å². The van der Waals surface area contributed by atoms with Crippen molar-refractivity contribution in [2.75, 3.05) is 11.9 Å². The highest BCUT2D eigenvalue weighted by Gasteiger charge is 2.30. The van der Waals surface area contributed by atoms with E-state index in [0.717, 1.165) is 12.1 Å². The number of rotatable bonds is 6. The minimum atomic E-state index is -4.45. The monoisotopic (exact) mass is 419 g/mol. The van der Waals surface area contributed by atoms with E-state index in [9.17, 15) is 22.4 Å². The van der Waals surface area contributed by atoms with E-state index < -0.39 is 23.5 Å². The van der Waals surface area contributed by atoms with E-state index in [1.54, 1.807) is 19.1 Å². The van der Waals surface area contributed by atoms with Gasteiger partial charge in [0, 0.05) is 18.3 Å². The van der Waals surface area contributed by atoms with Crippen LogP contribution in [-0.2, 0) is 17.5 Å². The minimum Gasteiger partial charge on any atom is -0.462 e. The summed E-state index contributed by atoms with van der Waals surface area (Å²) in [6, 6.07) is 10.2. The van der Waals surface area contributed by atoms with E-state index in [-0.39, 0.29) is 30.4 Å². The molecule has 30 heavy (non-hydrogen) atoms. The lowest BCUT2D eigenvalue weighted by molar-refractivity contribution is -0.137. The first-order chi connectivity index (χ1) is 14.3. The SMILES string of the molecule is CCOC(=O)c1cnc(-c2ccc(C(F)(F)F)cc2)nc1NCc1cccc(F)c1. The first-order valence-electron chi connectivity index (χ1n) is 8.98. The van der Waals surface area contributed by atoms with Gasteiger partial charge in [0.2, 0.25) is 0 Å². The fourth-order valence-corrected chi connectivity index (χ4v) is 2.65. The molecule has 0 bridgehead atoms. The predicted octanol–water partition coefficient (Wildman–Crippen LogP) is 5.09. The summed E-state index contributed by atoms with van der Waals surface area (Å²) in [4.78, 5) is 20.6. The Morgan fingerprint density at radius 1 is 1.13 bits per heavy atom. The van der Waals surface area contributed by atoms with E-state index >= 15 is 0 Å². The Labute approximate surface area is 169 Å². The van der Waals surface area contributed by atoms with Crippen LogP contribution in [0, 0.1) is 5.82 Å². The number of esters is 1. The number of hydrogen-bond acceptors (Lipinski definition) is 5. The van der Waals surface area contributed by atoms with E-state index in [4.69, 9.17) is 4.74 Å². The molecule has 0 aliphatic heterocycles. The summed E-state index contributed by atoms with van der Waals surface area (Å²) in [7, 11) is 0. The summed E-state index contributed by atoms with van der Waals surface area (Å²) in [6.07, 6.45) is -3.21. The summed E-state index contributed by atoms with van der Waals surface area (Å²) in [5.41, 5.74) is 0.217. The van der Waals surface area contributed by atoms with Crippen LogP contribution in [-0.4, -0.2) is 22.5 Å². The summed E-state index contributed by atoms with van der Waals surface area (Å²) < 4.78 is 56.7. The number of anilines is 1. The molecule has 0 aliphatic rings. The van der Waals surface area contributed by atoms with Crippen LogP contribution in [0.15, 0.2) is 54.7 Å². The van der Waals surface area contributed by atoms with Gasteiger partial charge in [0.1, 0.15) is 17.2 Å². The molecule has 3 rings (SSSR count). The summed E-state index contributed by atoms with van der Waals surface area (Å²) in [5, 5.41) is 2.94. The number of aromatic nitrogens is 2. The zero-order chi connectivity index (χ0) is 21.7. The third kappa shape index (κ3) is 5.11. The van der Waals surface area contributed by atoms with Crippen LogP contribution in [0.5, 0.6) is 0 Å². The van der Waals surface area contributed by atoms with Crippen molar-refractivity contribution < 1.29 is 27.1 Å². The maximum atomic E-state index is 13.4. The van der Waals surface area contributed by atoms with Gasteiger partial charge in [-0.15, -0.1) is 0 Å². The Bertz CT molecular complexity index is 1040. The number of nitrogens with zero attached hydrogens (tertiary/aromatic N) is 2. The maximum Gasteiger partial charge on any atom is 0.416 e. The summed E-state index contributed by atoms with van der Waals surface area (Å²) in [6.45, 7) is 1.95. The molecule has 0 saturated heterocycles. The Morgan fingerprint density at radius 2 is 1.87 bits per heavy atom. The molecule has 0 spiro atoms. The second-order valence-electron chi connectivity index (χ2n) is 6.23. The zero-order valence-corrected chi connectivity index (χ0v) is 15.8. The molecule has 0 aliphatic carbocycles. The van der Waals surface area contributed by atoms with Crippen molar-refractivity contribution in [3.8, 4) is 11.4 Å². The molecule has 0 saturated carbocycles. The van der Waals surface area contributed by atoms with Crippen LogP contribution < -0.4 is 5.32 Å². The molecule has 5 nitrogen and oxygen atoms in total. The molecule has 9 heteroatoms. The zero-order valence-electron chi connectivity index (χ0n) is 15.8. The van der Waals surface area contributed by atoms with Crippen LogP contribution in [0.3, 0.4) is 0 Å². The van der Waals surface area contributed by atoms with Gasteiger partial charge in [0.15, 0.2) is 5.82 Å². The molecule has 1 aromatic heterocycles. The maximum absolute atomic E-state index is 13.4. The predicted molar refractivity (Wildman–Crippen MR) is 102 cm³/mol. The van der Waals surface area contributed by atoms with Gasteiger partial charge < -0.3 is 10.1 Å². The molecule has 3 aromatic rings. The quantitative estimate of drug-likeness (QED) is 0.445. The largest absolute Gasteiger partial charge is 0.462 e. The second-order valence-corrected chi connectivity index (χ2v) is 6.23. The third-order valence-electron chi connectivity index (χ3n) is 4.10. The molecule has 0 unspecified atom stereocenters. The lowest BCUT2D eigenvalue weighted by Gasteiger charge is -2.12. The molecule has 1 heterocycles. The standard InChI is InChI=1S/C21H17F4N3O2/c1-2-30-20(29)17-12-27-18(14-6-8-15(9-7-14)21(23,24)25)28-19(17)26-11-13-4-3-5-16(22)10-13/h3-10,12H,2,11H2,1H3,(H,26,27,28). The first-order valence-corrected chi connectivity index (χ1v) is 8.98. The second kappa shape index (κ2) is 8.89. The van der Waals surface area contributed by atoms with Gasteiger partial charge in [0.05, 0.1) is 12.2 Å². The van der Waals surface area contributed by atoms with E-state index in [2.05, 4.69) is 15.3 Å². The normalized spacial score (nSPS) is 11.2. The number of benzene rings is 2. The Hall–Kier alpha value is -3.49. The summed E-state index contributed by atoms with van der Waals surface area (Å²) in [5.74, 6) is -0.813. The molecule has 2 aromatic carbocycles. The highest BCUT2D eigenvalue weighted by Crippen LogP contribution is 2.30. The molecule has 0 fully saturated rings. The van der Waals surface area contributed by atoms with Crippen LogP contribution in [0.2, 0.25) is 0 Å². The molecule has 1 N–H and O–H groups in total. The highest BCUT2D eigenvalue weighted by atomic mass is 19.4. The van der Waals surface area contributed by atoms with Crippen molar-refractivity contribution in [1.29, 1.82) is 0 Å². The van der Waals surface area contributed by atoms with Gasteiger partial charge in [-0.1, -0.05) is 24.3 Å². The van der Waals surface area contributed by atoms with Crippen LogP contribution in [0.1, 0.15) is 28.4 Å². The fraction of sp³-hybridized carbons (Fsp3) is 0.190. The van der Waals surface area contributed by atoms with Gasteiger partial charge in [-0.25, -0.2) is 19.2 Å². The molecular weight excluding hydrogens is 402 g/mol. The van der Waals surface area contributed by atoms with Crippen molar-refractivity contribution in [3.63, 3.8) is 0 Å². The lowest BCUT2D eigenvalue weighted by Crippen LogP contribution is -2.13. The number of ether oxygens (including phenoxy) is 1. The number of alkyl halides is 3. The van der Waals surface area contributed by atoms with Gasteiger partial charge >= 0.3 is 12.1 Å². The Morgan fingerprint density at radius 3 is 2.50 bits per heavy atom. The van der Waals surface area contributed by atoms with Crippen LogP contribution >= 0.6 is 0 Å². The van der Waals surface area contributed by atoms with E-state index in [1.165, 1.54) is 30.5 Å². The van der Waals surface area contributed by atoms with Crippen molar-refractivity contribution in [3.05, 3.63) is 77.2 Å². The molecule has 0 atom stereocenters. The van der Waals surface area contributed by atoms with Gasteiger partial charge in [-0.2, -0.15) is 13.2 Å². The highest BCUT2D eigenvalue weighted by molar-refractivity contribution is 5.94. The van der Waals surface area contributed by atoms with Crippen LogP contribution in [0.4, 0.5) is 23.4 Å². The molecule has 0 radical (unpaired) electrons. The number of carbonyl (C=O) groups is 1. The number of hydrogen-bond donors (Lipinski definition) is 1. The molecular formula is C21H17F4N3O2. The van der Waals surface area contributed by atoms with E-state index in [0.29, 0.717) is 11.1 Å². The van der Waals surface area contributed by atoms with Crippen molar-refractivity contribution >= 4 is 11.8 Å². The fourth-order valence-electron chi connectivity index (χ4n) is 2.65. The lowest BCUT2D eigenvalue weighted by atomic mass is 10.1. The van der Waals surface area contributed by atoms with Crippen molar-refractivity contribution in [1.82, 2.24) is 9.97 Å². The number of nitrogens with one attached hydrogen (secondary N) is 1. The minimum absolute atomic E-state index is 0.0592. The van der Waals surface area contributed by atoms with Gasteiger partial charge in [-0.05, 0) is 36.8 Å². The Balaban J connectivity index is 1.92. The molecule has 0 amide bonds. The summed E-state index contributed by atoms with van der Waals surface area (Å²) >= 11 is 0. The smallest absolute Gasteiger partial charge is 0.416 e. The van der Waals surface area contributed by atoms with Gasteiger partial charge in [-0.3, -0.25) is 0 Å². The van der Waals surface area contributed by atoms with Crippen molar-refractivity contribution in [2.45, 2.75) is 19.6 Å². The average Bonchev–Trinajstić information content (AvgIpc) is 2.72. The Kier molecular flexibility index (Phi) is 6.29. The third-order valence-corrected chi connectivity index (χ3v) is 4.10. The van der Waals surface area contributed by atoms with Gasteiger partial charge in [0.25, 0.3) is 0 Å². The van der Waals surface area contributed by atoms with Crippen LogP contribution in [0.25, 0.3) is 11.4 Å².